The van der Waals surface area contributed by atoms with E-state index in [2.05, 4.69) is 0 Å². The van der Waals surface area contributed by atoms with Crippen LogP contribution in [0.4, 0.5) is 0 Å². The average Bonchev–Trinajstić information content (AvgIpc) is 3.13. The molecule has 32 heavy (non-hydrogen) atoms. The zero-order chi connectivity index (χ0) is 21.4. The van der Waals surface area contributed by atoms with Crippen molar-refractivity contribution in [3.8, 4) is 0 Å². The largest absolute Gasteiger partial charge is 0.0533 e. The van der Waals surface area contributed by atoms with Gasteiger partial charge in [-0.3, -0.25) is 0 Å². The Morgan fingerprint density at radius 2 is 0.594 bits per heavy atom. The maximum Gasteiger partial charge on any atom is -0.0297 e. The molecule has 10 aliphatic rings. The number of hydrogen-bond donors (Lipinski definition) is 0. The summed E-state index contributed by atoms with van der Waals surface area (Å²) in [5.74, 6) is 7.05. The minimum absolute atomic E-state index is 0.929. The number of hydrogen-bond acceptors (Lipinski definition) is 0. The maximum absolute atomic E-state index is 1.60. The summed E-state index contributed by atoms with van der Waals surface area (Å²) in [6.45, 7) is 0. The van der Waals surface area contributed by atoms with Crippen molar-refractivity contribution in [2.75, 3.05) is 0 Å². The molecule has 0 amide bonds. The van der Waals surface area contributed by atoms with Gasteiger partial charge in [-0.2, -0.15) is 0 Å². The first-order valence-electron chi connectivity index (χ1n) is 15.7. The Kier molecular flexibility index (Phi) is 6.72. The lowest BCUT2D eigenvalue weighted by atomic mass is 9.56. The highest BCUT2D eigenvalue weighted by atomic mass is 14.5. The van der Waals surface area contributed by atoms with Gasteiger partial charge in [0.25, 0.3) is 0 Å². The van der Waals surface area contributed by atoms with Gasteiger partial charge in [0.15, 0.2) is 0 Å². The topological polar surface area (TPSA) is 0 Å². The van der Waals surface area contributed by atoms with Gasteiger partial charge in [0, 0.05) is 0 Å². The standard InChI is InChI=1S/C10H16.C8H14.2C7H12/c1-7-2-9-4-8(1)5-10(3-7)6-9;1-2-4-8(5-3-1)6-7-8;1-3-7(4-1)5-2-6-7;1-2-7-4-3-6(1)5-7/h7-10H,1-6H2;1-7H2;1-6H2;6-7H,1-5H2. The highest BCUT2D eigenvalue weighted by Crippen LogP contribution is 2.56. The first-order chi connectivity index (χ1) is 15.7. The third kappa shape index (κ3) is 5.30. The summed E-state index contributed by atoms with van der Waals surface area (Å²) in [5, 5.41) is 0. The molecule has 0 nitrogen and oxygen atoms in total. The molecular weight excluding hydrogens is 384 g/mol. The van der Waals surface area contributed by atoms with Gasteiger partial charge in [-0.05, 0) is 143 Å². The zero-order valence-corrected chi connectivity index (χ0v) is 21.4. The average molecular weight is 439 g/mol. The second-order valence-electron chi connectivity index (χ2n) is 14.8. The Bertz CT molecular complexity index is 505. The van der Waals surface area contributed by atoms with Crippen LogP contribution in [0.5, 0.6) is 0 Å². The first kappa shape index (κ1) is 22.5. The van der Waals surface area contributed by atoms with E-state index in [1.54, 1.807) is 122 Å². The van der Waals surface area contributed by atoms with Gasteiger partial charge >= 0.3 is 0 Å². The van der Waals surface area contributed by atoms with E-state index in [0.717, 1.165) is 10.8 Å². The minimum atomic E-state index is 0.929. The van der Waals surface area contributed by atoms with Crippen LogP contribution in [0.3, 0.4) is 0 Å². The van der Waals surface area contributed by atoms with Crippen molar-refractivity contribution in [3.05, 3.63) is 0 Å². The fourth-order valence-electron chi connectivity index (χ4n) is 9.99. The van der Waals surface area contributed by atoms with Crippen LogP contribution in [-0.2, 0) is 0 Å². The third-order valence-corrected chi connectivity index (χ3v) is 12.3. The quantitative estimate of drug-likeness (QED) is 0.353. The van der Waals surface area contributed by atoms with Gasteiger partial charge in [0.1, 0.15) is 0 Å². The molecule has 0 heteroatoms. The van der Waals surface area contributed by atoms with Gasteiger partial charge in [-0.15, -0.1) is 0 Å². The molecule has 0 aromatic heterocycles. The molecule has 0 saturated heterocycles. The van der Waals surface area contributed by atoms with Gasteiger partial charge in [0.05, 0.1) is 0 Å². The first-order valence-corrected chi connectivity index (χ1v) is 15.7. The molecule has 0 unspecified atom stereocenters. The van der Waals surface area contributed by atoms with Crippen molar-refractivity contribution in [3.63, 3.8) is 0 Å². The molecule has 182 valence electrons. The molecule has 6 bridgehead atoms. The molecule has 0 aromatic carbocycles. The van der Waals surface area contributed by atoms with Gasteiger partial charge in [0.2, 0.25) is 0 Å². The van der Waals surface area contributed by atoms with Gasteiger partial charge in [-0.25, -0.2) is 0 Å². The van der Waals surface area contributed by atoms with E-state index in [-0.39, 0.29) is 0 Å². The molecule has 10 rings (SSSR count). The maximum atomic E-state index is 1.60. The van der Waals surface area contributed by atoms with E-state index in [1.165, 1.54) is 67.6 Å². The SMILES string of the molecule is C1C2CC3CC1CC(C2)C3.C1CC2(C1)CCC2.C1CC2CCC1C2.C1CCC2(CC1)CC2. The minimum Gasteiger partial charge on any atom is -0.0533 e. The van der Waals surface area contributed by atoms with Crippen molar-refractivity contribution in [2.24, 2.45) is 46.3 Å². The van der Waals surface area contributed by atoms with Crippen LogP contribution in [-0.4, -0.2) is 0 Å². The van der Waals surface area contributed by atoms with Crippen LogP contribution < -0.4 is 0 Å². The molecule has 0 atom stereocenters. The molecule has 10 fully saturated rings. The van der Waals surface area contributed by atoms with E-state index in [4.69, 9.17) is 0 Å². The van der Waals surface area contributed by atoms with Crippen molar-refractivity contribution >= 4 is 0 Å². The molecule has 10 saturated carbocycles. The molecule has 10 aliphatic carbocycles. The Hall–Kier alpha value is 0. The highest BCUT2D eigenvalue weighted by Gasteiger charge is 2.43. The van der Waals surface area contributed by atoms with Crippen LogP contribution >= 0.6 is 0 Å². The van der Waals surface area contributed by atoms with E-state index in [0.29, 0.717) is 0 Å². The normalized spacial score (nSPS) is 44.2. The summed E-state index contributed by atoms with van der Waals surface area (Å²) in [6.07, 6.45) is 37.6. The lowest BCUT2D eigenvalue weighted by Crippen LogP contribution is -2.38. The molecule has 0 N–H and O–H groups in total. The number of rotatable bonds is 0. The zero-order valence-electron chi connectivity index (χ0n) is 21.4. The van der Waals surface area contributed by atoms with Crippen molar-refractivity contribution in [2.45, 2.75) is 154 Å². The smallest absolute Gasteiger partial charge is 0.0297 e. The molecule has 2 spiro atoms. The third-order valence-electron chi connectivity index (χ3n) is 12.3. The Morgan fingerprint density at radius 1 is 0.281 bits per heavy atom. The van der Waals surface area contributed by atoms with Crippen LogP contribution in [0.1, 0.15) is 154 Å². The van der Waals surface area contributed by atoms with E-state index in [9.17, 15) is 0 Å². The molecule has 0 aromatic rings. The summed E-state index contributed by atoms with van der Waals surface area (Å²) in [4.78, 5) is 0. The lowest BCUT2D eigenvalue weighted by molar-refractivity contribution is 0.0198. The van der Waals surface area contributed by atoms with E-state index >= 15 is 0 Å². The monoisotopic (exact) mass is 438 g/mol. The molecule has 0 aliphatic heterocycles. The Morgan fingerprint density at radius 3 is 0.781 bits per heavy atom. The molecule has 0 heterocycles. The van der Waals surface area contributed by atoms with Crippen molar-refractivity contribution < 1.29 is 0 Å². The van der Waals surface area contributed by atoms with Crippen LogP contribution in [0.15, 0.2) is 0 Å². The second kappa shape index (κ2) is 9.57. The fraction of sp³-hybridized carbons (Fsp3) is 1.00. The summed E-state index contributed by atoms with van der Waals surface area (Å²) >= 11 is 0. The van der Waals surface area contributed by atoms with Crippen molar-refractivity contribution in [1.82, 2.24) is 0 Å². The Balaban J connectivity index is 0.0000000825. The van der Waals surface area contributed by atoms with Crippen LogP contribution in [0.2, 0.25) is 0 Å². The lowest BCUT2D eigenvalue weighted by Gasteiger charge is -2.49. The van der Waals surface area contributed by atoms with Crippen LogP contribution in [0, 0.1) is 46.3 Å². The fourth-order valence-corrected chi connectivity index (χ4v) is 9.99. The highest BCUT2D eigenvalue weighted by molar-refractivity contribution is 4.95. The second-order valence-corrected chi connectivity index (χ2v) is 14.8. The summed E-state index contributed by atoms with van der Waals surface area (Å²) in [7, 11) is 0. The number of fused-ring (bicyclic) bond motifs is 2. The van der Waals surface area contributed by atoms with Gasteiger partial charge in [-0.1, -0.05) is 57.8 Å². The van der Waals surface area contributed by atoms with E-state index in [1.807, 2.05) is 0 Å². The van der Waals surface area contributed by atoms with Gasteiger partial charge < -0.3 is 0 Å². The summed E-state index contributed by atoms with van der Waals surface area (Å²) in [6, 6.07) is 0. The predicted molar refractivity (Wildman–Crippen MR) is 137 cm³/mol. The van der Waals surface area contributed by atoms with Crippen LogP contribution in [0.25, 0.3) is 0 Å². The Labute approximate surface area is 200 Å². The van der Waals surface area contributed by atoms with Crippen molar-refractivity contribution in [1.29, 1.82) is 0 Å². The van der Waals surface area contributed by atoms with E-state index < -0.39 is 0 Å². The predicted octanol–water partition coefficient (Wildman–Crippen LogP) is 10.1. The molecular formula is C32H54. The summed E-state index contributed by atoms with van der Waals surface area (Å²) < 4.78 is 0. The molecule has 0 radical (unpaired) electrons. The summed E-state index contributed by atoms with van der Waals surface area (Å²) in [5.41, 5.74) is 1.87.